The molecule has 0 amide bonds. The van der Waals surface area contributed by atoms with Gasteiger partial charge < -0.3 is 0 Å². The summed E-state index contributed by atoms with van der Waals surface area (Å²) in [5, 5.41) is 7.62. The number of rotatable bonds is 2. The van der Waals surface area contributed by atoms with Gasteiger partial charge in [0.15, 0.2) is 0 Å². The maximum Gasteiger partial charge on any atom is 0.0693 e. The van der Waals surface area contributed by atoms with Crippen molar-refractivity contribution in [3.8, 4) is 0 Å². The molecule has 0 atom stereocenters. The van der Waals surface area contributed by atoms with Crippen molar-refractivity contribution in [2.45, 2.75) is 11.4 Å². The van der Waals surface area contributed by atoms with Gasteiger partial charge in [0.25, 0.3) is 0 Å². The van der Waals surface area contributed by atoms with Gasteiger partial charge in [0.2, 0.25) is 0 Å². The van der Waals surface area contributed by atoms with Gasteiger partial charge in [-0.1, -0.05) is 17.3 Å². The predicted molar refractivity (Wildman–Crippen MR) is 52.8 cm³/mol. The summed E-state index contributed by atoms with van der Waals surface area (Å²) < 4.78 is 1.79. The molecule has 1 heterocycles. The van der Waals surface area contributed by atoms with Crippen LogP contribution in [0.2, 0.25) is 0 Å². The van der Waals surface area contributed by atoms with Crippen LogP contribution in [0.1, 0.15) is 5.56 Å². The average Bonchev–Trinajstić information content (AvgIpc) is 2.62. The lowest BCUT2D eigenvalue weighted by Gasteiger charge is -2.00. The monoisotopic (exact) mass is 191 g/mol. The van der Waals surface area contributed by atoms with Crippen molar-refractivity contribution in [1.82, 2.24) is 15.0 Å². The Morgan fingerprint density at radius 1 is 1.23 bits per heavy atom. The molecule has 0 N–H and O–H groups in total. The molecule has 2 aromatic rings. The quantitative estimate of drug-likeness (QED) is 0.731. The Morgan fingerprint density at radius 2 is 2.00 bits per heavy atom. The summed E-state index contributed by atoms with van der Waals surface area (Å²) in [4.78, 5) is 0.974. The van der Waals surface area contributed by atoms with Crippen molar-refractivity contribution in [2.75, 3.05) is 0 Å². The zero-order chi connectivity index (χ0) is 9.10. The Labute approximate surface area is 81.8 Å². The Morgan fingerprint density at radius 3 is 2.62 bits per heavy atom. The fourth-order valence-corrected chi connectivity index (χ4v) is 1.25. The summed E-state index contributed by atoms with van der Waals surface area (Å²) in [5.41, 5.74) is 1.20. The first kappa shape index (κ1) is 8.31. The van der Waals surface area contributed by atoms with Crippen LogP contribution in [0.5, 0.6) is 0 Å². The molecule has 2 rings (SSSR count). The fraction of sp³-hybridized carbons (Fsp3) is 0.111. The molecule has 0 aliphatic carbocycles. The third kappa shape index (κ3) is 2.09. The van der Waals surface area contributed by atoms with Crippen LogP contribution >= 0.6 is 12.6 Å². The van der Waals surface area contributed by atoms with Crippen molar-refractivity contribution >= 4 is 12.6 Å². The van der Waals surface area contributed by atoms with Gasteiger partial charge in [0.1, 0.15) is 0 Å². The van der Waals surface area contributed by atoms with Crippen LogP contribution in [0.3, 0.4) is 0 Å². The summed E-state index contributed by atoms with van der Waals surface area (Å²) in [6, 6.07) is 8.00. The van der Waals surface area contributed by atoms with E-state index in [0.29, 0.717) is 0 Å². The standard InChI is InChI=1S/C9H9N3S/c13-9-3-1-8(2-4-9)7-12-6-5-10-11-12/h1-6,13H,7H2. The molecule has 0 bridgehead atoms. The highest BCUT2D eigenvalue weighted by molar-refractivity contribution is 7.80. The van der Waals surface area contributed by atoms with Crippen LogP contribution in [0.15, 0.2) is 41.6 Å². The van der Waals surface area contributed by atoms with Crippen molar-refractivity contribution < 1.29 is 0 Å². The molecule has 0 aliphatic heterocycles. The average molecular weight is 191 g/mol. The molecule has 3 nitrogen and oxygen atoms in total. The van der Waals surface area contributed by atoms with Crippen molar-refractivity contribution in [1.29, 1.82) is 0 Å². The molecule has 1 aromatic heterocycles. The summed E-state index contributed by atoms with van der Waals surface area (Å²) in [6.07, 6.45) is 3.52. The fourth-order valence-electron chi connectivity index (χ4n) is 1.11. The molecule has 0 radical (unpaired) electrons. The Balaban J connectivity index is 2.15. The van der Waals surface area contributed by atoms with Gasteiger partial charge in [-0.15, -0.1) is 17.7 Å². The maximum absolute atomic E-state index is 4.21. The van der Waals surface area contributed by atoms with E-state index < -0.39 is 0 Å². The van der Waals surface area contributed by atoms with Crippen LogP contribution in [-0.2, 0) is 6.54 Å². The van der Waals surface area contributed by atoms with Gasteiger partial charge in [-0.3, -0.25) is 0 Å². The molecule has 13 heavy (non-hydrogen) atoms. The minimum atomic E-state index is 0.758. The first-order valence-corrected chi connectivity index (χ1v) is 4.41. The molecule has 4 heteroatoms. The van der Waals surface area contributed by atoms with Gasteiger partial charge >= 0.3 is 0 Å². The lowest BCUT2D eigenvalue weighted by molar-refractivity contribution is 0.649. The highest BCUT2D eigenvalue weighted by Gasteiger charge is 1.94. The van der Waals surface area contributed by atoms with E-state index in [-0.39, 0.29) is 0 Å². The maximum atomic E-state index is 4.21. The van der Waals surface area contributed by atoms with E-state index in [1.54, 1.807) is 10.9 Å². The second-order valence-corrected chi connectivity index (χ2v) is 3.28. The molecule has 0 aliphatic rings. The number of hydrogen-bond donors (Lipinski definition) is 1. The summed E-state index contributed by atoms with van der Waals surface area (Å²) in [5.74, 6) is 0. The van der Waals surface area contributed by atoms with E-state index in [9.17, 15) is 0 Å². The van der Waals surface area contributed by atoms with E-state index >= 15 is 0 Å². The van der Waals surface area contributed by atoms with E-state index in [1.807, 2.05) is 30.5 Å². The Bertz CT molecular complexity index is 366. The molecule has 0 unspecified atom stereocenters. The summed E-state index contributed by atoms with van der Waals surface area (Å²) in [7, 11) is 0. The Hall–Kier alpha value is -1.29. The number of hydrogen-bond acceptors (Lipinski definition) is 3. The highest BCUT2D eigenvalue weighted by Crippen LogP contribution is 2.08. The minimum Gasteiger partial charge on any atom is -0.248 e. The molecule has 0 fully saturated rings. The molecule has 1 aromatic carbocycles. The first-order chi connectivity index (χ1) is 6.34. The van der Waals surface area contributed by atoms with E-state index in [0.717, 1.165) is 11.4 Å². The molecule has 66 valence electrons. The summed E-state index contributed by atoms with van der Waals surface area (Å²) in [6.45, 7) is 0.758. The number of aromatic nitrogens is 3. The highest BCUT2D eigenvalue weighted by atomic mass is 32.1. The lowest BCUT2D eigenvalue weighted by Crippen LogP contribution is -1.99. The largest absolute Gasteiger partial charge is 0.248 e. The minimum absolute atomic E-state index is 0.758. The van der Waals surface area contributed by atoms with Gasteiger partial charge in [-0.25, -0.2) is 4.68 Å². The normalized spacial score (nSPS) is 10.2. The van der Waals surface area contributed by atoms with Gasteiger partial charge in [0.05, 0.1) is 12.7 Å². The van der Waals surface area contributed by atoms with Gasteiger partial charge in [-0.2, -0.15) is 0 Å². The SMILES string of the molecule is Sc1ccc(Cn2ccnn2)cc1. The third-order valence-electron chi connectivity index (χ3n) is 1.75. The van der Waals surface area contributed by atoms with Crippen LogP contribution < -0.4 is 0 Å². The molecule has 0 saturated heterocycles. The number of benzene rings is 1. The molecular weight excluding hydrogens is 182 g/mol. The summed E-state index contributed by atoms with van der Waals surface area (Å²) >= 11 is 4.21. The Kier molecular flexibility index (Phi) is 2.31. The lowest BCUT2D eigenvalue weighted by atomic mass is 10.2. The van der Waals surface area contributed by atoms with Crippen LogP contribution in [0.4, 0.5) is 0 Å². The molecule has 0 saturated carbocycles. The second-order valence-electron chi connectivity index (χ2n) is 2.77. The predicted octanol–water partition coefficient (Wildman–Crippen LogP) is 1.62. The molecule has 0 spiro atoms. The van der Waals surface area contributed by atoms with Crippen LogP contribution in [-0.4, -0.2) is 15.0 Å². The smallest absolute Gasteiger partial charge is 0.0693 e. The number of nitrogens with zero attached hydrogens (tertiary/aromatic N) is 3. The van der Waals surface area contributed by atoms with Crippen LogP contribution in [0.25, 0.3) is 0 Å². The molecular formula is C9H9N3S. The van der Waals surface area contributed by atoms with E-state index in [4.69, 9.17) is 0 Å². The first-order valence-electron chi connectivity index (χ1n) is 3.96. The van der Waals surface area contributed by atoms with E-state index in [1.165, 1.54) is 5.56 Å². The zero-order valence-electron chi connectivity index (χ0n) is 6.96. The van der Waals surface area contributed by atoms with Crippen LogP contribution in [0, 0.1) is 0 Å². The van der Waals surface area contributed by atoms with Crippen molar-refractivity contribution in [3.63, 3.8) is 0 Å². The van der Waals surface area contributed by atoms with E-state index in [2.05, 4.69) is 22.9 Å². The zero-order valence-corrected chi connectivity index (χ0v) is 7.85. The van der Waals surface area contributed by atoms with Gasteiger partial charge in [0, 0.05) is 11.1 Å². The third-order valence-corrected chi connectivity index (χ3v) is 2.05. The van der Waals surface area contributed by atoms with Crippen molar-refractivity contribution in [2.24, 2.45) is 0 Å². The number of thiol groups is 1. The van der Waals surface area contributed by atoms with Crippen molar-refractivity contribution in [3.05, 3.63) is 42.2 Å². The van der Waals surface area contributed by atoms with Gasteiger partial charge in [-0.05, 0) is 17.7 Å². The second kappa shape index (κ2) is 3.62. The topological polar surface area (TPSA) is 30.7 Å².